The molecule has 1 amide bonds. The van der Waals surface area contributed by atoms with Crippen LogP contribution in [0.2, 0.25) is 5.02 Å². The normalized spacial score (nSPS) is 11.1. The first-order chi connectivity index (χ1) is 13.2. The number of rotatable bonds is 5. The van der Waals surface area contributed by atoms with Crippen molar-refractivity contribution in [2.45, 2.75) is 18.7 Å². The quantitative estimate of drug-likeness (QED) is 0.616. The average molecular weight is 415 g/mol. The topological polar surface area (TPSA) is 75.3 Å². The summed E-state index contributed by atoms with van der Waals surface area (Å²) in [6.45, 7) is 3.75. The molecule has 3 rings (SSSR count). The molecule has 0 aliphatic carbocycles. The highest BCUT2D eigenvalue weighted by atomic mass is 35.5. The van der Waals surface area contributed by atoms with Crippen LogP contribution in [-0.2, 0) is 10.0 Å². The van der Waals surface area contributed by atoms with Crippen LogP contribution >= 0.6 is 11.6 Å². The Labute approximate surface area is 169 Å². The highest BCUT2D eigenvalue weighted by Gasteiger charge is 2.15. The van der Waals surface area contributed by atoms with Gasteiger partial charge in [0.1, 0.15) is 0 Å². The zero-order valence-corrected chi connectivity index (χ0v) is 16.9. The van der Waals surface area contributed by atoms with Crippen molar-refractivity contribution in [3.63, 3.8) is 0 Å². The van der Waals surface area contributed by atoms with Gasteiger partial charge in [0.15, 0.2) is 0 Å². The number of nitrogens with one attached hydrogen (secondary N) is 2. The maximum absolute atomic E-state index is 12.5. The van der Waals surface area contributed by atoms with Crippen LogP contribution in [0.3, 0.4) is 0 Å². The van der Waals surface area contributed by atoms with E-state index in [9.17, 15) is 13.2 Å². The largest absolute Gasteiger partial charge is 0.322 e. The van der Waals surface area contributed by atoms with Crippen molar-refractivity contribution in [1.82, 2.24) is 0 Å². The standard InChI is InChI=1S/C21H19ClN2O3S/c1-14-6-10-19(11-7-14)28(26,27)24-18-5-3-4-16(12-18)21(25)23-17-9-8-15(2)20(22)13-17/h3-13,24H,1-2H3,(H,23,25). The Morgan fingerprint density at radius 3 is 2.29 bits per heavy atom. The monoisotopic (exact) mass is 414 g/mol. The van der Waals surface area contributed by atoms with Gasteiger partial charge in [-0.25, -0.2) is 8.42 Å². The summed E-state index contributed by atoms with van der Waals surface area (Å²) in [5.74, 6) is -0.365. The van der Waals surface area contributed by atoms with E-state index in [1.54, 1.807) is 42.5 Å². The van der Waals surface area contributed by atoms with Crippen molar-refractivity contribution >= 4 is 38.9 Å². The highest BCUT2D eigenvalue weighted by Crippen LogP contribution is 2.22. The maximum atomic E-state index is 12.5. The summed E-state index contributed by atoms with van der Waals surface area (Å²) in [4.78, 5) is 12.7. The fourth-order valence-corrected chi connectivity index (χ4v) is 3.76. The molecule has 144 valence electrons. The molecule has 0 heterocycles. The van der Waals surface area contributed by atoms with Crippen LogP contribution < -0.4 is 10.0 Å². The van der Waals surface area contributed by atoms with Gasteiger partial charge in [0.05, 0.1) is 4.90 Å². The van der Waals surface area contributed by atoms with E-state index in [1.807, 2.05) is 19.9 Å². The molecule has 28 heavy (non-hydrogen) atoms. The lowest BCUT2D eigenvalue weighted by molar-refractivity contribution is 0.102. The van der Waals surface area contributed by atoms with E-state index in [-0.39, 0.29) is 10.8 Å². The molecule has 0 spiro atoms. The predicted molar refractivity (Wildman–Crippen MR) is 113 cm³/mol. The molecule has 0 atom stereocenters. The van der Waals surface area contributed by atoms with Crippen molar-refractivity contribution < 1.29 is 13.2 Å². The number of carbonyl (C=O) groups excluding carboxylic acids is 1. The van der Waals surface area contributed by atoms with E-state index >= 15 is 0 Å². The van der Waals surface area contributed by atoms with Crippen molar-refractivity contribution in [3.05, 3.63) is 88.4 Å². The Morgan fingerprint density at radius 1 is 0.893 bits per heavy atom. The second-order valence-electron chi connectivity index (χ2n) is 6.42. The van der Waals surface area contributed by atoms with Gasteiger partial charge in [0.25, 0.3) is 15.9 Å². The molecule has 3 aromatic carbocycles. The summed E-state index contributed by atoms with van der Waals surface area (Å²) in [5, 5.41) is 3.31. The van der Waals surface area contributed by atoms with Gasteiger partial charge < -0.3 is 5.32 Å². The SMILES string of the molecule is Cc1ccc(S(=O)(=O)Nc2cccc(C(=O)Nc3ccc(C)c(Cl)c3)c2)cc1. The van der Waals surface area contributed by atoms with Crippen LogP contribution in [0.1, 0.15) is 21.5 Å². The number of sulfonamides is 1. The van der Waals surface area contributed by atoms with Gasteiger partial charge in [-0.15, -0.1) is 0 Å². The molecule has 0 aliphatic heterocycles. The summed E-state index contributed by atoms with van der Waals surface area (Å²) < 4.78 is 27.6. The minimum atomic E-state index is -3.74. The third-order valence-electron chi connectivity index (χ3n) is 4.14. The average Bonchev–Trinajstić information content (AvgIpc) is 2.65. The van der Waals surface area contributed by atoms with Crippen LogP contribution in [0.25, 0.3) is 0 Å². The number of anilines is 2. The predicted octanol–water partition coefficient (Wildman–Crippen LogP) is 5.01. The summed E-state index contributed by atoms with van der Waals surface area (Å²) in [7, 11) is -3.74. The Hall–Kier alpha value is -2.83. The van der Waals surface area contributed by atoms with Gasteiger partial charge in [-0.1, -0.05) is 41.4 Å². The van der Waals surface area contributed by atoms with Crippen molar-refractivity contribution in [2.24, 2.45) is 0 Å². The first-order valence-corrected chi connectivity index (χ1v) is 10.4. The summed E-state index contributed by atoms with van der Waals surface area (Å²) in [6, 6.07) is 18.0. The Bertz CT molecular complexity index is 1130. The molecular weight excluding hydrogens is 396 g/mol. The molecule has 0 fully saturated rings. The van der Waals surface area contributed by atoms with Gasteiger partial charge in [0.2, 0.25) is 0 Å². The zero-order chi connectivity index (χ0) is 20.3. The number of amides is 1. The summed E-state index contributed by atoms with van der Waals surface area (Å²) in [6.07, 6.45) is 0. The molecule has 0 bridgehead atoms. The first-order valence-electron chi connectivity index (χ1n) is 8.52. The lowest BCUT2D eigenvalue weighted by Crippen LogP contribution is -2.15. The van der Waals surface area contributed by atoms with E-state index in [2.05, 4.69) is 10.0 Å². The number of carbonyl (C=O) groups is 1. The number of hydrogen-bond donors (Lipinski definition) is 2. The smallest absolute Gasteiger partial charge is 0.261 e. The van der Waals surface area contributed by atoms with Gasteiger partial charge in [-0.3, -0.25) is 9.52 Å². The molecule has 0 saturated heterocycles. The van der Waals surface area contributed by atoms with E-state index in [4.69, 9.17) is 11.6 Å². The van der Waals surface area contributed by atoms with E-state index in [0.717, 1.165) is 11.1 Å². The minimum absolute atomic E-state index is 0.155. The molecule has 0 radical (unpaired) electrons. The van der Waals surface area contributed by atoms with Crippen LogP contribution in [0.15, 0.2) is 71.6 Å². The lowest BCUT2D eigenvalue weighted by atomic mass is 10.1. The molecule has 0 unspecified atom stereocenters. The van der Waals surface area contributed by atoms with Crippen molar-refractivity contribution in [3.8, 4) is 0 Å². The van der Waals surface area contributed by atoms with E-state index < -0.39 is 10.0 Å². The van der Waals surface area contributed by atoms with Gasteiger partial charge in [-0.05, 0) is 61.9 Å². The summed E-state index contributed by atoms with van der Waals surface area (Å²) >= 11 is 6.08. The number of hydrogen-bond acceptors (Lipinski definition) is 3. The minimum Gasteiger partial charge on any atom is -0.322 e. The van der Waals surface area contributed by atoms with Crippen LogP contribution in [0.5, 0.6) is 0 Å². The lowest BCUT2D eigenvalue weighted by Gasteiger charge is -2.11. The van der Waals surface area contributed by atoms with Gasteiger partial charge in [0, 0.05) is 22.0 Å². The first kappa shape index (κ1) is 19.9. The fraction of sp³-hybridized carbons (Fsp3) is 0.0952. The molecule has 0 saturated carbocycles. The molecule has 5 nitrogen and oxygen atoms in total. The molecular formula is C21H19ClN2O3S. The Kier molecular flexibility index (Phi) is 5.72. The van der Waals surface area contributed by atoms with E-state index in [0.29, 0.717) is 22.0 Å². The zero-order valence-electron chi connectivity index (χ0n) is 15.4. The highest BCUT2D eigenvalue weighted by molar-refractivity contribution is 7.92. The van der Waals surface area contributed by atoms with E-state index in [1.165, 1.54) is 18.2 Å². The molecule has 7 heteroatoms. The number of benzene rings is 3. The molecule has 3 aromatic rings. The molecule has 0 aromatic heterocycles. The fourth-order valence-electron chi connectivity index (χ4n) is 2.53. The maximum Gasteiger partial charge on any atom is 0.261 e. The third kappa shape index (κ3) is 4.71. The molecule has 2 N–H and O–H groups in total. The second-order valence-corrected chi connectivity index (χ2v) is 8.51. The summed E-state index contributed by atoms with van der Waals surface area (Å²) in [5.41, 5.74) is 3.06. The van der Waals surface area contributed by atoms with Gasteiger partial charge in [-0.2, -0.15) is 0 Å². The van der Waals surface area contributed by atoms with Crippen molar-refractivity contribution in [1.29, 1.82) is 0 Å². The Balaban J connectivity index is 1.78. The van der Waals surface area contributed by atoms with Crippen LogP contribution in [0, 0.1) is 13.8 Å². The Morgan fingerprint density at radius 2 is 1.61 bits per heavy atom. The van der Waals surface area contributed by atoms with Crippen LogP contribution in [0.4, 0.5) is 11.4 Å². The molecule has 0 aliphatic rings. The second kappa shape index (κ2) is 8.04. The number of aryl methyl sites for hydroxylation is 2. The third-order valence-corrected chi connectivity index (χ3v) is 5.94. The van der Waals surface area contributed by atoms with Gasteiger partial charge >= 0.3 is 0 Å². The number of halogens is 1. The van der Waals surface area contributed by atoms with Crippen LogP contribution in [-0.4, -0.2) is 14.3 Å². The van der Waals surface area contributed by atoms with Crippen molar-refractivity contribution in [2.75, 3.05) is 10.0 Å².